The molecule has 0 radical (unpaired) electrons. The number of esters is 2. The van der Waals surface area contributed by atoms with Gasteiger partial charge >= 0.3 is 11.9 Å². The summed E-state index contributed by atoms with van der Waals surface area (Å²) >= 11 is 0. The molecule has 0 atom stereocenters. The summed E-state index contributed by atoms with van der Waals surface area (Å²) in [5.74, 6) is 0.104. The van der Waals surface area contributed by atoms with Crippen LogP contribution in [0, 0.1) is 0 Å². The maximum atomic E-state index is 11.8. The number of nitrogens with zero attached hydrogens (tertiary/aromatic N) is 2. The molecule has 4 aromatic rings. The fourth-order valence-corrected chi connectivity index (χ4v) is 4.19. The van der Waals surface area contributed by atoms with E-state index in [1.54, 1.807) is 38.1 Å². The van der Waals surface area contributed by atoms with Crippen LogP contribution in [0.1, 0.15) is 20.8 Å². The van der Waals surface area contributed by atoms with Crippen LogP contribution in [0.2, 0.25) is 0 Å². The van der Waals surface area contributed by atoms with Gasteiger partial charge in [0.2, 0.25) is 0 Å². The Kier molecular flexibility index (Phi) is 9.05. The summed E-state index contributed by atoms with van der Waals surface area (Å²) in [6.45, 7) is 13.4. The predicted molar refractivity (Wildman–Crippen MR) is 166 cm³/mol. The highest BCUT2D eigenvalue weighted by Crippen LogP contribution is 2.31. The normalized spacial score (nSPS) is 10.4. The SMILES string of the molecule is C=C(C)C(=O)Oc1ccc(N(C)c2ccc(-c3ccc(N(CC)c4ccc(OC(=O)C(=C)C)cc4)cc3)cc2)cc1. The fourth-order valence-electron chi connectivity index (χ4n) is 4.19. The molecule has 0 heterocycles. The van der Waals surface area contributed by atoms with Crippen LogP contribution in [-0.4, -0.2) is 25.5 Å². The van der Waals surface area contributed by atoms with E-state index in [0.717, 1.165) is 40.4 Å². The zero-order chi connectivity index (χ0) is 29.5. The van der Waals surface area contributed by atoms with Crippen LogP contribution < -0.4 is 19.3 Å². The van der Waals surface area contributed by atoms with Gasteiger partial charge in [0.1, 0.15) is 11.5 Å². The van der Waals surface area contributed by atoms with Crippen molar-refractivity contribution in [3.8, 4) is 22.6 Å². The van der Waals surface area contributed by atoms with Gasteiger partial charge in [0.05, 0.1) is 0 Å². The Hall–Kier alpha value is -5.10. The molecule has 0 unspecified atom stereocenters. The topological polar surface area (TPSA) is 59.1 Å². The molecular formula is C35H34N2O4. The van der Waals surface area contributed by atoms with Crippen LogP contribution in [0.4, 0.5) is 22.7 Å². The number of hydrogen-bond donors (Lipinski definition) is 0. The molecule has 0 aliphatic rings. The van der Waals surface area contributed by atoms with E-state index in [0.29, 0.717) is 22.6 Å². The second kappa shape index (κ2) is 12.8. The van der Waals surface area contributed by atoms with Crippen molar-refractivity contribution >= 4 is 34.7 Å². The molecule has 0 aromatic heterocycles. The average molecular weight is 547 g/mol. The van der Waals surface area contributed by atoms with E-state index in [4.69, 9.17) is 9.47 Å². The second-order valence-electron chi connectivity index (χ2n) is 9.72. The molecule has 0 aliphatic carbocycles. The lowest BCUT2D eigenvalue weighted by molar-refractivity contribution is -0.130. The predicted octanol–water partition coefficient (Wildman–Crippen LogP) is 8.24. The first-order chi connectivity index (χ1) is 19.7. The van der Waals surface area contributed by atoms with Crippen molar-refractivity contribution in [3.63, 3.8) is 0 Å². The molecule has 41 heavy (non-hydrogen) atoms. The Bertz CT molecular complexity index is 1540. The molecule has 6 heteroatoms. The molecule has 0 bridgehead atoms. The van der Waals surface area contributed by atoms with Crippen molar-refractivity contribution in [3.05, 3.63) is 121 Å². The second-order valence-corrected chi connectivity index (χ2v) is 9.72. The number of carbonyl (C=O) groups is 2. The summed E-state index contributed by atoms with van der Waals surface area (Å²) in [5.41, 5.74) is 7.03. The summed E-state index contributed by atoms with van der Waals surface area (Å²) in [6, 6.07) is 31.6. The van der Waals surface area contributed by atoms with Crippen molar-refractivity contribution < 1.29 is 19.1 Å². The smallest absolute Gasteiger partial charge is 0.338 e. The van der Waals surface area contributed by atoms with Gasteiger partial charge in [-0.2, -0.15) is 0 Å². The molecule has 0 saturated heterocycles. The van der Waals surface area contributed by atoms with Gasteiger partial charge in [-0.25, -0.2) is 9.59 Å². The summed E-state index contributed by atoms with van der Waals surface area (Å²) in [6.07, 6.45) is 0. The first-order valence-electron chi connectivity index (χ1n) is 13.3. The van der Waals surface area contributed by atoms with Crippen molar-refractivity contribution in [2.45, 2.75) is 20.8 Å². The minimum Gasteiger partial charge on any atom is -0.423 e. The molecule has 208 valence electrons. The van der Waals surface area contributed by atoms with Crippen LogP contribution in [0.15, 0.2) is 121 Å². The van der Waals surface area contributed by atoms with E-state index >= 15 is 0 Å². The van der Waals surface area contributed by atoms with Crippen molar-refractivity contribution in [2.24, 2.45) is 0 Å². The van der Waals surface area contributed by atoms with Crippen molar-refractivity contribution in [1.29, 1.82) is 0 Å². The van der Waals surface area contributed by atoms with Crippen LogP contribution in [0.25, 0.3) is 11.1 Å². The molecular weight excluding hydrogens is 512 g/mol. The monoisotopic (exact) mass is 546 g/mol. The highest BCUT2D eigenvalue weighted by Gasteiger charge is 2.11. The largest absolute Gasteiger partial charge is 0.423 e. The third kappa shape index (κ3) is 7.11. The number of anilines is 4. The van der Waals surface area contributed by atoms with Gasteiger partial charge in [-0.1, -0.05) is 37.4 Å². The molecule has 0 saturated carbocycles. The summed E-state index contributed by atoms with van der Waals surface area (Å²) in [4.78, 5) is 27.8. The summed E-state index contributed by atoms with van der Waals surface area (Å²) in [7, 11) is 2.00. The van der Waals surface area contributed by atoms with Crippen LogP contribution >= 0.6 is 0 Å². The molecule has 0 N–H and O–H groups in total. The lowest BCUT2D eigenvalue weighted by Crippen LogP contribution is -2.16. The van der Waals surface area contributed by atoms with Gasteiger partial charge in [0, 0.05) is 47.5 Å². The molecule has 4 rings (SSSR count). The average Bonchev–Trinajstić information content (AvgIpc) is 2.98. The summed E-state index contributed by atoms with van der Waals surface area (Å²) in [5, 5.41) is 0. The lowest BCUT2D eigenvalue weighted by Gasteiger charge is -2.24. The van der Waals surface area contributed by atoms with Crippen LogP contribution in [0.3, 0.4) is 0 Å². The van der Waals surface area contributed by atoms with E-state index < -0.39 is 11.9 Å². The van der Waals surface area contributed by atoms with Gasteiger partial charge in [0.15, 0.2) is 0 Å². The van der Waals surface area contributed by atoms with Crippen molar-refractivity contribution in [1.82, 2.24) is 0 Å². The molecule has 0 spiro atoms. The first-order valence-corrected chi connectivity index (χ1v) is 13.3. The Morgan fingerprint density at radius 3 is 1.24 bits per heavy atom. The number of carbonyl (C=O) groups excluding carboxylic acids is 2. The standard InChI is InChI=1S/C35H34N2O4/c1-7-37(31-18-22-33(23-19-31)41-35(39)25(4)5)30-14-10-27(11-15-30)26-8-12-28(13-9-26)36(6)29-16-20-32(21-17-29)40-34(38)24(2)3/h8-23H,2,4,7H2,1,3,5-6H3. The third-order valence-electron chi connectivity index (χ3n) is 6.57. The first kappa shape index (κ1) is 28.9. The molecule has 4 aromatic carbocycles. The molecule has 0 amide bonds. The molecule has 6 nitrogen and oxygen atoms in total. The van der Waals surface area contributed by atoms with Gasteiger partial charge in [0.25, 0.3) is 0 Å². The zero-order valence-electron chi connectivity index (χ0n) is 23.9. The Balaban J connectivity index is 1.43. The lowest BCUT2D eigenvalue weighted by atomic mass is 10.0. The van der Waals surface area contributed by atoms with Gasteiger partial charge in [-0.3, -0.25) is 0 Å². The summed E-state index contributed by atoms with van der Waals surface area (Å²) < 4.78 is 10.6. The van der Waals surface area contributed by atoms with E-state index in [-0.39, 0.29) is 0 Å². The van der Waals surface area contributed by atoms with Crippen LogP contribution in [0.5, 0.6) is 11.5 Å². The Morgan fingerprint density at radius 1 is 0.585 bits per heavy atom. The van der Waals surface area contributed by atoms with Gasteiger partial charge in [-0.15, -0.1) is 0 Å². The maximum absolute atomic E-state index is 11.8. The number of benzene rings is 4. The minimum atomic E-state index is -0.436. The quantitative estimate of drug-likeness (QED) is 0.113. The molecule has 0 aliphatic heterocycles. The Labute approximate surface area is 241 Å². The zero-order valence-corrected chi connectivity index (χ0v) is 23.9. The Morgan fingerprint density at radius 2 is 0.902 bits per heavy atom. The minimum absolute atomic E-state index is 0.360. The van der Waals surface area contributed by atoms with E-state index in [9.17, 15) is 9.59 Å². The highest BCUT2D eigenvalue weighted by atomic mass is 16.5. The third-order valence-corrected chi connectivity index (χ3v) is 6.57. The molecule has 0 fully saturated rings. The van der Waals surface area contributed by atoms with E-state index in [1.807, 2.05) is 31.3 Å². The fraction of sp³-hybridized carbons (Fsp3) is 0.143. The highest BCUT2D eigenvalue weighted by molar-refractivity contribution is 5.89. The van der Waals surface area contributed by atoms with Gasteiger partial charge in [-0.05, 0) is 105 Å². The number of hydrogen-bond acceptors (Lipinski definition) is 6. The van der Waals surface area contributed by atoms with Crippen LogP contribution in [-0.2, 0) is 9.59 Å². The number of ether oxygens (including phenoxy) is 2. The van der Waals surface area contributed by atoms with E-state index in [1.165, 1.54) is 0 Å². The number of rotatable bonds is 10. The maximum Gasteiger partial charge on any atom is 0.338 e. The van der Waals surface area contributed by atoms with Gasteiger partial charge < -0.3 is 19.3 Å². The van der Waals surface area contributed by atoms with Crippen molar-refractivity contribution in [2.75, 3.05) is 23.4 Å². The van der Waals surface area contributed by atoms with E-state index in [2.05, 4.69) is 78.4 Å².